The van der Waals surface area contributed by atoms with Crippen molar-refractivity contribution < 1.29 is 57.9 Å². The van der Waals surface area contributed by atoms with Crippen LogP contribution in [0.3, 0.4) is 0 Å². The number of carboxylic acid groups (broad SMARTS) is 2. The van der Waals surface area contributed by atoms with Crippen LogP contribution in [0.5, 0.6) is 23.0 Å². The molecule has 3 aliphatic heterocycles. The van der Waals surface area contributed by atoms with Gasteiger partial charge < -0.3 is 67.1 Å². The van der Waals surface area contributed by atoms with Crippen molar-refractivity contribution in [3.8, 4) is 56.4 Å². The Labute approximate surface area is 895 Å². The number of H-pyrrole nitrogens is 1. The standard InChI is InChI=1S/C39H38BrCl2N5O4.C38H37Cl2N5O4.C38H40Cl2N4O4/c1-20-15-25(16-21(2)35(20)42)51-14-7-9-26-27-10-11-30(41)34(32-22(3)43-45(6)23(32)4)36(27)47-13-8-12-46(38(48)37(26)47)24-17-28(39(49)50)33-29(40)19-44(5)31(33)18-24;1-20-16-25(17-21(2)34(20)40)49-15-6-8-27-28-9-10-30(39)33(32-22(3)42-43(5)23(32)4)35(28)45-14-7-13-44(37(46)36(27)45)24-18-29(38(47)48)26-11-12-41-31(26)19-24;1-23-20-28(21-24(2)35(23)40)47-19-8-11-29-30-13-14-31(39)34(33-25(3)41-42(5)26(33)4)36(30)44-17-9-16-43(38(46)37(29)44)18-15-27-10-6-7-12-32(27)48-22-45/h10-11,15-19H,7-9,12-14H2,1-6H3,(H,49,50);9-12,16-19,41H,6-8,13-15H2,1-5H3,(H,47,48);6-7,10,12-14,20-22H,8-9,11,15-19H2,1-5H3. The molecular weight excluding hydrogens is 2060 g/mol. The van der Waals surface area contributed by atoms with Gasteiger partial charge in [-0.25, -0.2) is 9.59 Å². The molecule has 0 saturated carbocycles. The lowest BCUT2D eigenvalue weighted by Gasteiger charge is -2.22. The molecule has 26 nitrogen and oxygen atoms in total. The molecule has 0 bridgehead atoms. The fourth-order valence-electron chi connectivity index (χ4n) is 22.0. The first-order valence-electron chi connectivity index (χ1n) is 49.5. The summed E-state index contributed by atoms with van der Waals surface area (Å²) < 4.78 is 38.4. The summed E-state index contributed by atoms with van der Waals surface area (Å²) in [5.74, 6) is 0.323. The van der Waals surface area contributed by atoms with E-state index in [0.29, 0.717) is 200 Å². The number of hydrogen-bond donors (Lipinski definition) is 3. The number of aromatic nitrogens is 11. The first-order valence-corrected chi connectivity index (χ1v) is 52.6. The highest BCUT2D eigenvalue weighted by molar-refractivity contribution is 9.10. The van der Waals surface area contributed by atoms with E-state index in [-0.39, 0.29) is 28.8 Å². The lowest BCUT2D eigenvalue weighted by Crippen LogP contribution is -2.33. The van der Waals surface area contributed by atoms with Crippen LogP contribution in [-0.2, 0) is 78.3 Å². The van der Waals surface area contributed by atoms with Gasteiger partial charge in [0.25, 0.3) is 24.2 Å². The van der Waals surface area contributed by atoms with Gasteiger partial charge in [-0.3, -0.25) is 33.2 Å². The summed E-state index contributed by atoms with van der Waals surface area (Å²) in [6.07, 6.45) is 9.99. The second-order valence-corrected chi connectivity index (χ2v) is 41.9. The van der Waals surface area contributed by atoms with Gasteiger partial charge in [-0.2, -0.15) is 15.3 Å². The number of anilines is 2. The maximum Gasteiger partial charge on any atom is 0.336 e. The molecule has 17 aromatic rings. The van der Waals surface area contributed by atoms with Crippen molar-refractivity contribution in [3.05, 3.63) is 292 Å². The van der Waals surface area contributed by atoms with E-state index in [9.17, 15) is 34.2 Å². The van der Waals surface area contributed by atoms with E-state index in [2.05, 4.69) is 45.8 Å². The number of ether oxygens (including phenoxy) is 4. The Kier molecular flexibility index (Phi) is 30.5. The number of hydrogen-bond acceptors (Lipinski definition) is 13. The lowest BCUT2D eigenvalue weighted by atomic mass is 9.98. The Balaban J connectivity index is 0.000000145. The molecule has 0 spiro atoms. The lowest BCUT2D eigenvalue weighted by molar-refractivity contribution is -0.120. The first kappa shape index (κ1) is 105. The van der Waals surface area contributed by atoms with Crippen LogP contribution < -0.4 is 28.7 Å². The van der Waals surface area contributed by atoms with Crippen molar-refractivity contribution >= 4 is 188 Å². The zero-order chi connectivity index (χ0) is 105. The number of halogens is 7. The number of amides is 3. The van der Waals surface area contributed by atoms with Crippen molar-refractivity contribution in [3.63, 3.8) is 0 Å². The minimum Gasteiger partial charge on any atom is -0.494 e. The number of nitrogens with one attached hydrogen (secondary N) is 1. The van der Waals surface area contributed by atoms with Crippen LogP contribution >= 0.6 is 85.5 Å². The van der Waals surface area contributed by atoms with Gasteiger partial charge in [-0.1, -0.05) is 106 Å². The first-order chi connectivity index (χ1) is 70.8. The fourth-order valence-corrected chi connectivity index (χ4v) is 23.8. The van der Waals surface area contributed by atoms with Gasteiger partial charge in [-0.05, 0) is 310 Å². The van der Waals surface area contributed by atoms with E-state index < -0.39 is 11.9 Å². The van der Waals surface area contributed by atoms with E-state index in [4.69, 9.17) is 98.8 Å². The maximum atomic E-state index is 15.0. The van der Waals surface area contributed by atoms with E-state index >= 15 is 4.79 Å². The highest BCUT2D eigenvalue weighted by atomic mass is 79.9. The maximum absolute atomic E-state index is 15.0. The molecule has 766 valence electrons. The predicted octanol–water partition coefficient (Wildman–Crippen LogP) is 26.6. The van der Waals surface area contributed by atoms with Gasteiger partial charge in [0.05, 0.1) is 85.2 Å². The Morgan fingerprint density at radius 3 is 1.20 bits per heavy atom. The van der Waals surface area contributed by atoms with Crippen LogP contribution in [0.1, 0.15) is 181 Å². The van der Waals surface area contributed by atoms with Gasteiger partial charge in [0, 0.05) is 200 Å². The zero-order valence-corrected chi connectivity index (χ0v) is 91.6. The topological polar surface area (TPSA) is 278 Å². The van der Waals surface area contributed by atoms with Crippen molar-refractivity contribution in [1.29, 1.82) is 0 Å². The number of para-hydroxylation sites is 1. The number of carbonyl (C=O) groups is 6. The summed E-state index contributed by atoms with van der Waals surface area (Å²) >= 11 is 43.8. The Bertz CT molecular complexity index is 8200. The third-order valence-corrected chi connectivity index (χ3v) is 32.5. The quantitative estimate of drug-likeness (QED) is 0.0319. The number of aromatic carboxylic acids is 2. The number of nitrogens with zero attached hydrogens (tertiary/aromatic N) is 13. The van der Waals surface area contributed by atoms with Gasteiger partial charge in [0.1, 0.15) is 40.1 Å². The van der Waals surface area contributed by atoms with Gasteiger partial charge >= 0.3 is 11.9 Å². The predicted molar refractivity (Wildman–Crippen MR) is 593 cm³/mol. The van der Waals surface area contributed by atoms with Crippen molar-refractivity contribution in [2.45, 2.75) is 167 Å². The average Bonchev–Trinajstić information content (AvgIpc) is 1.57. The molecule has 0 radical (unpaired) electrons. The average molecular weight is 2180 g/mol. The second kappa shape index (κ2) is 43.1. The molecule has 0 fully saturated rings. The molecular formula is C115H115BrCl6N14O12. The smallest absolute Gasteiger partial charge is 0.336 e. The molecule has 20 rings (SSSR count). The molecule has 0 unspecified atom stereocenters. The van der Waals surface area contributed by atoms with Crippen LogP contribution in [0.2, 0.25) is 30.1 Å². The number of aromatic amines is 1. The minimum atomic E-state index is -1.06. The summed E-state index contributed by atoms with van der Waals surface area (Å²) in [5.41, 5.74) is 28.0. The molecule has 11 heterocycles. The molecule has 33 heteroatoms. The Hall–Kier alpha value is -13.3. The molecule has 0 saturated heterocycles. The summed E-state index contributed by atoms with van der Waals surface area (Å²) in [7, 11) is 7.64. The fraction of sp³-hybridized carbons (Fsp3) is 0.313. The highest BCUT2D eigenvalue weighted by Gasteiger charge is 2.39. The van der Waals surface area contributed by atoms with Gasteiger partial charge in [0.15, 0.2) is 0 Å². The summed E-state index contributed by atoms with van der Waals surface area (Å²) in [4.78, 5) is 88.9. The number of benzene rings is 9. The van der Waals surface area contributed by atoms with E-state index in [1.807, 2.05) is 238 Å². The second-order valence-electron chi connectivity index (χ2n) is 38.7. The van der Waals surface area contributed by atoms with Crippen LogP contribution in [0.15, 0.2) is 144 Å². The number of carbonyl (C=O) groups excluding carboxylic acids is 4. The summed E-state index contributed by atoms with van der Waals surface area (Å²) in [6, 6.07) is 39.7. The summed E-state index contributed by atoms with van der Waals surface area (Å²) in [6.45, 7) is 29.4. The van der Waals surface area contributed by atoms with E-state index in [1.165, 1.54) is 0 Å². The number of fused-ring (bicyclic) bond motifs is 11. The third kappa shape index (κ3) is 19.7. The van der Waals surface area contributed by atoms with Crippen molar-refractivity contribution in [2.24, 2.45) is 28.2 Å². The number of carboxylic acids is 2. The van der Waals surface area contributed by atoms with Crippen LogP contribution in [0, 0.1) is 83.1 Å². The van der Waals surface area contributed by atoms with E-state index in [0.717, 1.165) is 200 Å². The Morgan fingerprint density at radius 2 is 0.818 bits per heavy atom. The largest absolute Gasteiger partial charge is 0.494 e. The number of rotatable bonds is 27. The zero-order valence-electron chi connectivity index (χ0n) is 85.4. The normalized spacial score (nSPS) is 13.3. The Morgan fingerprint density at radius 1 is 0.439 bits per heavy atom. The van der Waals surface area contributed by atoms with E-state index in [1.54, 1.807) is 40.3 Å². The van der Waals surface area contributed by atoms with Crippen molar-refractivity contribution in [2.75, 3.05) is 55.8 Å². The van der Waals surface area contributed by atoms with Gasteiger partial charge in [0.2, 0.25) is 0 Å². The van der Waals surface area contributed by atoms with Gasteiger partial charge in [-0.15, -0.1) is 0 Å². The molecule has 0 atom stereocenters. The molecule has 8 aromatic heterocycles. The van der Waals surface area contributed by atoms with Crippen LogP contribution in [-0.4, -0.2) is 150 Å². The third-order valence-electron chi connectivity index (χ3n) is 29.1. The van der Waals surface area contributed by atoms with Crippen LogP contribution in [0.4, 0.5) is 11.4 Å². The van der Waals surface area contributed by atoms with Crippen LogP contribution in [0.25, 0.3) is 87.9 Å². The SMILES string of the molecule is Cc1cc(OCCCc2c3n(c4c(-c5c(C)nn(C)c5C)c(Cl)ccc24)CCCN(CCc2ccccc2OC=O)C3=O)cc(C)c1Cl.Cc1cc(OCCCc2c3n(c4c(-c5c(C)nn(C)c5C)c(Cl)ccc24)CCCN(c2cc(C(=O)O)c4c(Br)cn(C)c4c2)C3=O)cc(C)c1Cl.Cc1cc(OCCCc2c3n(c4c(-c5c(C)nn(C)c5C)c(Cl)ccc24)CCCN(c2cc(C(=O)O)c4cc[nH]c4c2)C3=O)cc(C)c1Cl. The molecule has 3 N–H and O–H groups in total. The molecule has 3 aliphatic rings. The number of aryl methyl sites for hydroxylation is 19. The molecule has 9 aromatic carbocycles. The monoisotopic (exact) mass is 2170 g/mol. The molecule has 0 aliphatic carbocycles. The highest BCUT2D eigenvalue weighted by Crippen LogP contribution is 2.50. The van der Waals surface area contributed by atoms with Crippen molar-refractivity contribution in [1.82, 2.24) is 57.5 Å². The molecule has 148 heavy (non-hydrogen) atoms. The minimum absolute atomic E-state index is 0.0148. The molecule has 3 amide bonds. The summed E-state index contributed by atoms with van der Waals surface area (Å²) in [5, 5.41) is 42.5.